The van der Waals surface area contributed by atoms with Crippen molar-refractivity contribution in [3.05, 3.63) is 59.4 Å². The maximum Gasteiger partial charge on any atom is 0.270 e. The average molecular weight is 438 g/mol. The number of aliphatic hydroxyl groups excluding tert-OH is 1. The molecule has 2 aliphatic heterocycles. The molecule has 170 valence electrons. The summed E-state index contributed by atoms with van der Waals surface area (Å²) >= 11 is 0. The second-order valence-corrected chi connectivity index (χ2v) is 8.61. The summed E-state index contributed by atoms with van der Waals surface area (Å²) in [6.07, 6.45) is 4.58. The molecular formula is C24H31N5O3. The number of aromatic nitrogens is 1. The number of β-amino-alcohol motifs (C(OH)–C–C–N with tert-alkyl or cyclic N) is 1. The number of benzene rings is 1. The Morgan fingerprint density at radius 1 is 1.19 bits per heavy atom. The highest BCUT2D eigenvalue weighted by Gasteiger charge is 2.20. The summed E-state index contributed by atoms with van der Waals surface area (Å²) in [5.74, 6) is -0.299. The van der Waals surface area contributed by atoms with E-state index in [0.717, 1.165) is 57.5 Å². The smallest absolute Gasteiger partial charge is 0.270 e. The molecule has 3 N–H and O–H groups in total. The molecule has 8 nitrogen and oxygen atoms in total. The van der Waals surface area contributed by atoms with Crippen LogP contribution in [0.5, 0.6) is 0 Å². The van der Waals surface area contributed by atoms with Crippen LogP contribution in [-0.2, 0) is 17.8 Å². The fourth-order valence-electron chi connectivity index (χ4n) is 4.40. The first kappa shape index (κ1) is 22.2. The first-order valence-corrected chi connectivity index (χ1v) is 11.3. The number of rotatable bonds is 8. The molecule has 1 aromatic carbocycles. The average Bonchev–Trinajstić information content (AvgIpc) is 2.83. The lowest BCUT2D eigenvalue weighted by molar-refractivity contribution is -0.118. The molecule has 4 rings (SSSR count). The molecule has 32 heavy (non-hydrogen) atoms. The summed E-state index contributed by atoms with van der Waals surface area (Å²) in [5, 5.41) is 16.7. The molecule has 0 spiro atoms. The van der Waals surface area contributed by atoms with E-state index in [1.807, 2.05) is 12.1 Å². The number of carbonyl (C=O) groups is 2. The normalized spacial score (nSPS) is 18.0. The lowest BCUT2D eigenvalue weighted by Crippen LogP contribution is -2.42. The van der Waals surface area contributed by atoms with Crippen molar-refractivity contribution in [2.45, 2.75) is 38.0 Å². The third-order valence-electron chi connectivity index (χ3n) is 6.22. The fourth-order valence-corrected chi connectivity index (χ4v) is 4.40. The Morgan fingerprint density at radius 2 is 1.97 bits per heavy atom. The van der Waals surface area contributed by atoms with Crippen molar-refractivity contribution in [1.82, 2.24) is 20.1 Å². The van der Waals surface area contributed by atoms with Gasteiger partial charge in [-0.1, -0.05) is 24.3 Å². The molecule has 1 unspecified atom stereocenters. The standard InChI is InChI=1S/C24H31N5O3/c30-17-28-11-7-20(8-12-28)27-21-5-9-25-23(13-21)24(32)26-14-22(31)16-29-10-6-18-3-1-2-4-19(18)15-29/h1-5,9,13,17,20,22,31H,6-8,10-12,14-16H2,(H,25,27)(H,26,32). The van der Waals surface area contributed by atoms with Crippen LogP contribution in [0.1, 0.15) is 34.5 Å². The molecule has 1 saturated heterocycles. The van der Waals surface area contributed by atoms with Crippen LogP contribution >= 0.6 is 0 Å². The van der Waals surface area contributed by atoms with E-state index >= 15 is 0 Å². The first-order chi connectivity index (χ1) is 15.6. The van der Waals surface area contributed by atoms with E-state index < -0.39 is 6.10 Å². The Kier molecular flexibility index (Phi) is 7.34. The van der Waals surface area contributed by atoms with E-state index in [9.17, 15) is 14.7 Å². The number of fused-ring (bicyclic) bond motifs is 1. The maximum absolute atomic E-state index is 12.6. The lowest BCUT2D eigenvalue weighted by Gasteiger charge is -2.30. The summed E-state index contributed by atoms with van der Waals surface area (Å²) in [7, 11) is 0. The number of amides is 2. The molecule has 2 aromatic rings. The van der Waals surface area contributed by atoms with Crippen molar-refractivity contribution in [3.63, 3.8) is 0 Å². The predicted octanol–water partition coefficient (Wildman–Crippen LogP) is 1.26. The SMILES string of the molecule is O=CN1CCC(Nc2ccnc(C(=O)NCC(O)CN3CCc4ccccc4C3)c2)CC1. The van der Waals surface area contributed by atoms with E-state index in [-0.39, 0.29) is 18.5 Å². The van der Waals surface area contributed by atoms with Crippen LogP contribution < -0.4 is 10.6 Å². The minimum absolute atomic E-state index is 0.181. The molecular weight excluding hydrogens is 406 g/mol. The Morgan fingerprint density at radius 3 is 2.75 bits per heavy atom. The third-order valence-corrected chi connectivity index (χ3v) is 6.22. The number of anilines is 1. The zero-order valence-corrected chi connectivity index (χ0v) is 18.2. The number of piperidine rings is 1. The van der Waals surface area contributed by atoms with Crippen LogP contribution in [0.3, 0.4) is 0 Å². The highest BCUT2D eigenvalue weighted by Crippen LogP contribution is 2.19. The van der Waals surface area contributed by atoms with Crippen molar-refractivity contribution in [3.8, 4) is 0 Å². The number of hydrogen-bond donors (Lipinski definition) is 3. The molecule has 3 heterocycles. The van der Waals surface area contributed by atoms with Gasteiger partial charge in [0.1, 0.15) is 5.69 Å². The van der Waals surface area contributed by atoms with E-state index in [2.05, 4.69) is 38.7 Å². The highest BCUT2D eigenvalue weighted by molar-refractivity contribution is 5.93. The zero-order chi connectivity index (χ0) is 22.3. The minimum Gasteiger partial charge on any atom is -0.390 e. The number of nitrogens with zero attached hydrogens (tertiary/aromatic N) is 3. The number of likely N-dealkylation sites (tertiary alicyclic amines) is 1. The van der Waals surface area contributed by atoms with Crippen LogP contribution in [0.15, 0.2) is 42.6 Å². The number of aliphatic hydroxyl groups is 1. The molecule has 2 aliphatic rings. The summed E-state index contributed by atoms with van der Waals surface area (Å²) < 4.78 is 0. The maximum atomic E-state index is 12.6. The van der Waals surface area contributed by atoms with Crippen LogP contribution in [0.4, 0.5) is 5.69 Å². The van der Waals surface area contributed by atoms with Crippen LogP contribution in [-0.4, -0.2) is 77.1 Å². The van der Waals surface area contributed by atoms with Gasteiger partial charge < -0.3 is 20.6 Å². The van der Waals surface area contributed by atoms with E-state index in [1.165, 1.54) is 11.1 Å². The van der Waals surface area contributed by atoms with Gasteiger partial charge in [0.25, 0.3) is 5.91 Å². The summed E-state index contributed by atoms with van der Waals surface area (Å²) in [6.45, 7) is 3.90. The minimum atomic E-state index is -0.645. The molecule has 0 radical (unpaired) electrons. The van der Waals surface area contributed by atoms with Crippen molar-refractivity contribution >= 4 is 18.0 Å². The lowest BCUT2D eigenvalue weighted by atomic mass is 10.00. The van der Waals surface area contributed by atoms with Gasteiger partial charge in [-0.15, -0.1) is 0 Å². The molecule has 0 saturated carbocycles. The Hall–Kier alpha value is -2.97. The Balaban J connectivity index is 1.23. The largest absolute Gasteiger partial charge is 0.390 e. The number of hydrogen-bond acceptors (Lipinski definition) is 6. The fraction of sp³-hybridized carbons (Fsp3) is 0.458. The van der Waals surface area contributed by atoms with E-state index in [4.69, 9.17) is 0 Å². The summed E-state index contributed by atoms with van der Waals surface area (Å²) in [5.41, 5.74) is 3.84. The molecule has 0 aliphatic carbocycles. The van der Waals surface area contributed by atoms with E-state index in [0.29, 0.717) is 12.2 Å². The topological polar surface area (TPSA) is 97.8 Å². The van der Waals surface area contributed by atoms with Crippen molar-refractivity contribution in [2.24, 2.45) is 0 Å². The van der Waals surface area contributed by atoms with Crippen LogP contribution in [0.2, 0.25) is 0 Å². The van der Waals surface area contributed by atoms with Crippen molar-refractivity contribution in [2.75, 3.05) is 38.0 Å². The second kappa shape index (κ2) is 10.6. The summed E-state index contributed by atoms with van der Waals surface area (Å²) in [4.78, 5) is 31.6. The van der Waals surface area contributed by atoms with Crippen LogP contribution in [0, 0.1) is 0 Å². The van der Waals surface area contributed by atoms with Gasteiger partial charge in [-0.05, 0) is 42.5 Å². The molecule has 0 bridgehead atoms. The molecule has 1 fully saturated rings. The van der Waals surface area contributed by atoms with Gasteiger partial charge in [-0.3, -0.25) is 19.5 Å². The highest BCUT2D eigenvalue weighted by atomic mass is 16.3. The number of pyridine rings is 1. The van der Waals surface area contributed by atoms with Gasteiger partial charge in [0.2, 0.25) is 6.41 Å². The van der Waals surface area contributed by atoms with Crippen molar-refractivity contribution in [1.29, 1.82) is 0 Å². The number of nitrogens with one attached hydrogen (secondary N) is 2. The van der Waals surface area contributed by atoms with Gasteiger partial charge in [0.15, 0.2) is 0 Å². The Bertz CT molecular complexity index is 929. The first-order valence-electron chi connectivity index (χ1n) is 11.3. The van der Waals surface area contributed by atoms with Gasteiger partial charge in [-0.25, -0.2) is 0 Å². The van der Waals surface area contributed by atoms with Gasteiger partial charge in [-0.2, -0.15) is 0 Å². The Labute approximate surface area is 188 Å². The predicted molar refractivity (Wildman–Crippen MR) is 122 cm³/mol. The van der Waals surface area contributed by atoms with E-state index in [1.54, 1.807) is 17.2 Å². The third kappa shape index (κ3) is 5.83. The quantitative estimate of drug-likeness (QED) is 0.538. The molecule has 2 amide bonds. The molecule has 1 aromatic heterocycles. The second-order valence-electron chi connectivity index (χ2n) is 8.61. The van der Waals surface area contributed by atoms with Gasteiger partial charge in [0.05, 0.1) is 6.10 Å². The molecule has 8 heteroatoms. The summed E-state index contributed by atoms with van der Waals surface area (Å²) in [6, 6.07) is 12.2. The van der Waals surface area contributed by atoms with Gasteiger partial charge >= 0.3 is 0 Å². The molecule has 1 atom stereocenters. The zero-order valence-electron chi connectivity index (χ0n) is 18.2. The monoisotopic (exact) mass is 437 g/mol. The van der Waals surface area contributed by atoms with Crippen LogP contribution in [0.25, 0.3) is 0 Å². The van der Waals surface area contributed by atoms with Gasteiger partial charge in [0, 0.05) is 57.2 Å². The van der Waals surface area contributed by atoms with Crippen molar-refractivity contribution < 1.29 is 14.7 Å². The number of carbonyl (C=O) groups excluding carboxylic acids is 2.